The van der Waals surface area contributed by atoms with Gasteiger partial charge in [-0.25, -0.2) is 4.79 Å². The van der Waals surface area contributed by atoms with Gasteiger partial charge in [0.2, 0.25) is 0 Å². The number of ether oxygens (including phenoxy) is 2. The zero-order valence-corrected chi connectivity index (χ0v) is 21.5. The lowest BCUT2D eigenvalue weighted by Gasteiger charge is -2.20. The van der Waals surface area contributed by atoms with Crippen LogP contribution in [0.1, 0.15) is 46.5 Å². The fourth-order valence-electron chi connectivity index (χ4n) is 3.34. The highest BCUT2D eigenvalue weighted by Crippen LogP contribution is 2.32. The second-order valence-corrected chi connectivity index (χ2v) is 7.81. The number of phenols is 2. The molecule has 1 unspecified atom stereocenters. The van der Waals surface area contributed by atoms with Crippen molar-refractivity contribution in [3.8, 4) is 17.2 Å². The van der Waals surface area contributed by atoms with Crippen molar-refractivity contribution in [2.24, 2.45) is 0 Å². The van der Waals surface area contributed by atoms with E-state index in [0.717, 1.165) is 36.7 Å². The first-order valence-electron chi connectivity index (χ1n) is 11.3. The van der Waals surface area contributed by atoms with Crippen LogP contribution < -0.4 is 10.1 Å². The topological polar surface area (TPSA) is 88.0 Å². The van der Waals surface area contributed by atoms with Crippen molar-refractivity contribution in [1.29, 1.82) is 0 Å². The first kappa shape index (κ1) is 31.6. The molecule has 3 aromatic carbocycles. The maximum atomic E-state index is 12.6. The number of halogens is 4. The van der Waals surface area contributed by atoms with Gasteiger partial charge in [-0.15, -0.1) is 12.4 Å². The number of nitrogens with one attached hydrogen (secondary N) is 1. The Kier molecular flexibility index (Phi) is 12.8. The average molecular weight is 542 g/mol. The van der Waals surface area contributed by atoms with Crippen molar-refractivity contribution in [2.75, 3.05) is 20.2 Å². The summed E-state index contributed by atoms with van der Waals surface area (Å²) in [4.78, 5) is 11.3. The number of phenolic OH excluding ortho intramolecular Hbond substituents is 2. The molecular weight excluding hydrogens is 511 g/mol. The van der Waals surface area contributed by atoms with Crippen LogP contribution in [0.25, 0.3) is 0 Å². The molecule has 202 valence electrons. The highest BCUT2D eigenvalue weighted by Gasteiger charge is 2.30. The van der Waals surface area contributed by atoms with Crippen LogP contribution in [0.2, 0.25) is 0 Å². The van der Waals surface area contributed by atoms with Gasteiger partial charge >= 0.3 is 12.1 Å². The normalized spacial score (nSPS) is 11.4. The van der Waals surface area contributed by atoms with Crippen LogP contribution >= 0.6 is 12.4 Å². The van der Waals surface area contributed by atoms with Crippen molar-refractivity contribution >= 4 is 18.4 Å². The van der Waals surface area contributed by atoms with Crippen LogP contribution in [0.3, 0.4) is 0 Å². The number of carbonyl (C=O) groups is 1. The number of aromatic hydroxyl groups is 2. The van der Waals surface area contributed by atoms with E-state index >= 15 is 0 Å². The number of hydrogen-bond acceptors (Lipinski definition) is 6. The first-order valence-corrected chi connectivity index (χ1v) is 11.3. The van der Waals surface area contributed by atoms with Crippen LogP contribution in [0.4, 0.5) is 13.2 Å². The molecular formula is C27H31ClF3NO5. The van der Waals surface area contributed by atoms with E-state index in [1.54, 1.807) is 13.8 Å². The van der Waals surface area contributed by atoms with Gasteiger partial charge in [-0.05, 0) is 68.9 Å². The number of benzene rings is 3. The smallest absolute Gasteiger partial charge is 0.416 e. The van der Waals surface area contributed by atoms with Gasteiger partial charge < -0.3 is 25.0 Å². The lowest BCUT2D eigenvalue weighted by atomic mass is 10.1. The summed E-state index contributed by atoms with van der Waals surface area (Å²) in [6.45, 7) is 4.30. The molecule has 10 heteroatoms. The molecule has 6 nitrogen and oxygen atoms in total. The Morgan fingerprint density at radius 2 is 1.65 bits per heavy atom. The summed E-state index contributed by atoms with van der Waals surface area (Å²) in [5, 5.41) is 21.6. The Bertz CT molecular complexity index is 1090. The summed E-state index contributed by atoms with van der Waals surface area (Å²) >= 11 is 0. The number of hydrogen-bond donors (Lipinski definition) is 3. The van der Waals surface area contributed by atoms with Gasteiger partial charge in [0, 0.05) is 12.5 Å². The Labute approximate surface area is 220 Å². The number of rotatable bonds is 8. The zero-order valence-electron chi connectivity index (χ0n) is 20.7. The minimum absolute atomic E-state index is 0. The third-order valence-electron chi connectivity index (χ3n) is 5.07. The summed E-state index contributed by atoms with van der Waals surface area (Å²) in [5.41, 5.74) is 0.912. The van der Waals surface area contributed by atoms with Gasteiger partial charge in [-0.2, -0.15) is 13.2 Å². The molecule has 0 aliphatic heterocycles. The Balaban J connectivity index is 0.000000396. The van der Waals surface area contributed by atoms with Crippen LogP contribution in [0, 0.1) is 6.92 Å². The van der Waals surface area contributed by atoms with E-state index in [0.29, 0.717) is 11.3 Å². The van der Waals surface area contributed by atoms with Crippen LogP contribution in [0.15, 0.2) is 66.7 Å². The summed E-state index contributed by atoms with van der Waals surface area (Å²) in [7, 11) is 1.85. The fourth-order valence-corrected chi connectivity index (χ4v) is 3.34. The predicted octanol–water partition coefficient (Wildman–Crippen LogP) is 6.44. The lowest BCUT2D eigenvalue weighted by Crippen LogP contribution is -2.16. The van der Waals surface area contributed by atoms with Crippen molar-refractivity contribution in [3.05, 3.63) is 89.0 Å². The number of carbonyl (C=O) groups excluding carboxylic acids is 1. The molecule has 0 saturated heterocycles. The van der Waals surface area contributed by atoms with Crippen LogP contribution in [-0.2, 0) is 10.9 Å². The molecule has 0 bridgehead atoms. The maximum absolute atomic E-state index is 12.6. The third-order valence-corrected chi connectivity index (χ3v) is 5.07. The van der Waals surface area contributed by atoms with Gasteiger partial charge in [0.05, 0.1) is 12.2 Å². The van der Waals surface area contributed by atoms with Gasteiger partial charge in [0.1, 0.15) is 28.9 Å². The molecule has 0 radical (unpaired) electrons. The van der Waals surface area contributed by atoms with Crippen molar-refractivity contribution in [1.82, 2.24) is 5.32 Å². The van der Waals surface area contributed by atoms with Crippen LogP contribution in [-0.4, -0.2) is 36.4 Å². The van der Waals surface area contributed by atoms with Crippen molar-refractivity contribution in [2.45, 2.75) is 32.5 Å². The molecule has 3 aromatic rings. The Morgan fingerprint density at radius 1 is 1.03 bits per heavy atom. The summed E-state index contributed by atoms with van der Waals surface area (Å²) < 4.78 is 48.3. The van der Waals surface area contributed by atoms with E-state index in [9.17, 15) is 23.1 Å². The fraction of sp³-hybridized carbons (Fsp3) is 0.296. The number of esters is 1. The molecule has 0 spiro atoms. The summed E-state index contributed by atoms with van der Waals surface area (Å²) in [6.07, 6.45) is -3.81. The standard InChI is InChI=1S/C17H18F3NO.C10H12O4.ClH/c1-21-12-11-16(13-5-3-2-4-6-13)22-15-9-7-14(8-10-15)17(18,19)20;1-3-14-10(13)9-6(2)4-7(11)5-8(9)12;/h2-10,16,21H,11-12H2,1H3;4-5,11-12H,3H2,1-2H3;1H. The van der Waals surface area contributed by atoms with Gasteiger partial charge in [0.15, 0.2) is 0 Å². The maximum Gasteiger partial charge on any atom is 0.416 e. The molecule has 1 atom stereocenters. The molecule has 0 amide bonds. The highest BCUT2D eigenvalue weighted by atomic mass is 35.5. The molecule has 3 rings (SSSR count). The molecule has 0 heterocycles. The van der Waals surface area contributed by atoms with Crippen molar-refractivity contribution < 1.29 is 37.7 Å². The highest BCUT2D eigenvalue weighted by molar-refractivity contribution is 5.94. The van der Waals surface area contributed by atoms with Crippen LogP contribution in [0.5, 0.6) is 17.2 Å². The molecule has 0 aliphatic carbocycles. The SMILES string of the molecule is CCOC(=O)c1c(C)cc(O)cc1O.CNCCC(Oc1ccc(C(F)(F)F)cc1)c1ccccc1.Cl. The monoisotopic (exact) mass is 541 g/mol. The predicted molar refractivity (Wildman–Crippen MR) is 138 cm³/mol. The second kappa shape index (κ2) is 15.0. The Morgan fingerprint density at radius 3 is 2.16 bits per heavy atom. The van der Waals surface area contributed by atoms with Gasteiger partial charge in [-0.3, -0.25) is 0 Å². The average Bonchev–Trinajstić information content (AvgIpc) is 2.82. The first-order chi connectivity index (χ1) is 17.1. The quantitative estimate of drug-likeness (QED) is 0.284. The number of alkyl halides is 3. The molecule has 37 heavy (non-hydrogen) atoms. The van der Waals surface area contributed by atoms with E-state index in [2.05, 4.69) is 5.32 Å². The van der Waals surface area contributed by atoms with Crippen molar-refractivity contribution in [3.63, 3.8) is 0 Å². The molecule has 3 N–H and O–H groups in total. The summed E-state index contributed by atoms with van der Waals surface area (Å²) in [5.74, 6) is -0.491. The molecule has 0 fully saturated rings. The largest absolute Gasteiger partial charge is 0.508 e. The third kappa shape index (κ3) is 9.86. The lowest BCUT2D eigenvalue weighted by molar-refractivity contribution is -0.137. The Hall–Kier alpha value is -3.43. The molecule has 0 saturated carbocycles. The molecule has 0 aliphatic rings. The number of aryl methyl sites for hydroxylation is 1. The van der Waals surface area contributed by atoms with E-state index in [-0.39, 0.29) is 42.2 Å². The van der Waals surface area contributed by atoms with E-state index in [1.807, 2.05) is 37.4 Å². The van der Waals surface area contributed by atoms with E-state index in [1.165, 1.54) is 18.2 Å². The van der Waals surface area contributed by atoms with Gasteiger partial charge in [-0.1, -0.05) is 30.3 Å². The minimum Gasteiger partial charge on any atom is -0.508 e. The van der Waals surface area contributed by atoms with E-state index < -0.39 is 17.7 Å². The second-order valence-electron chi connectivity index (χ2n) is 7.81. The summed E-state index contributed by atoms with van der Waals surface area (Å²) in [6, 6.07) is 16.9. The van der Waals surface area contributed by atoms with E-state index in [4.69, 9.17) is 14.6 Å². The zero-order chi connectivity index (χ0) is 26.7. The van der Waals surface area contributed by atoms with Gasteiger partial charge in [0.25, 0.3) is 0 Å². The minimum atomic E-state index is -4.33. The molecule has 0 aromatic heterocycles.